The first-order valence-electron chi connectivity index (χ1n) is 7.11. The Morgan fingerprint density at radius 2 is 1.62 bits per heavy atom. The second kappa shape index (κ2) is 6.05. The van der Waals surface area contributed by atoms with Crippen molar-refractivity contribution >= 4 is 17.0 Å². The van der Waals surface area contributed by atoms with Gasteiger partial charge in [0.05, 0.1) is 27.4 Å². The minimum Gasteiger partial charge on any atom is -0.330 e. The fourth-order valence-electron chi connectivity index (χ4n) is 2.54. The summed E-state index contributed by atoms with van der Waals surface area (Å²) in [5.74, 6) is 0. The Morgan fingerprint density at radius 3 is 2.21 bits per heavy atom. The first-order chi connectivity index (χ1) is 11.5. The summed E-state index contributed by atoms with van der Waals surface area (Å²) < 4.78 is 1.64. The smallest absolute Gasteiger partial charge is 0.286 e. The number of rotatable bonds is 5. The SMILES string of the molecule is NCCc1c(-c2ccc([N+](=O)[O-])cc2)nc2ccc([N+](=O)[O-])cn12. The molecule has 0 atom stereocenters. The Hall–Kier alpha value is -3.33. The monoisotopic (exact) mass is 327 g/mol. The van der Waals surface area contributed by atoms with E-state index in [0.717, 1.165) is 5.69 Å². The maximum Gasteiger partial charge on any atom is 0.286 e. The maximum atomic E-state index is 11.0. The van der Waals surface area contributed by atoms with Crippen LogP contribution in [0.15, 0.2) is 42.6 Å². The van der Waals surface area contributed by atoms with Gasteiger partial charge in [0.15, 0.2) is 0 Å². The molecule has 0 saturated carbocycles. The van der Waals surface area contributed by atoms with Gasteiger partial charge in [0.25, 0.3) is 11.4 Å². The van der Waals surface area contributed by atoms with E-state index in [1.54, 1.807) is 22.6 Å². The summed E-state index contributed by atoms with van der Waals surface area (Å²) in [5.41, 5.74) is 8.17. The quantitative estimate of drug-likeness (QED) is 0.565. The molecule has 0 bridgehead atoms. The molecule has 2 aromatic heterocycles. The first-order valence-corrected chi connectivity index (χ1v) is 7.11. The lowest BCUT2D eigenvalue weighted by molar-refractivity contribution is -0.385. The van der Waals surface area contributed by atoms with Crippen LogP contribution in [0.4, 0.5) is 11.4 Å². The number of nitrogens with zero attached hydrogens (tertiary/aromatic N) is 4. The van der Waals surface area contributed by atoms with Crippen LogP contribution in [0, 0.1) is 20.2 Å². The van der Waals surface area contributed by atoms with Gasteiger partial charge in [-0.1, -0.05) is 0 Å². The zero-order chi connectivity index (χ0) is 17.3. The van der Waals surface area contributed by atoms with E-state index in [1.807, 2.05) is 0 Å². The highest BCUT2D eigenvalue weighted by atomic mass is 16.6. The molecular weight excluding hydrogens is 314 g/mol. The van der Waals surface area contributed by atoms with Crippen LogP contribution < -0.4 is 5.73 Å². The average Bonchev–Trinajstić information content (AvgIpc) is 2.93. The van der Waals surface area contributed by atoms with Crippen LogP contribution >= 0.6 is 0 Å². The number of non-ortho nitro benzene ring substituents is 1. The molecule has 3 rings (SSSR count). The second-order valence-electron chi connectivity index (χ2n) is 5.12. The van der Waals surface area contributed by atoms with Gasteiger partial charge in [0.1, 0.15) is 5.65 Å². The Kier molecular flexibility index (Phi) is 3.92. The lowest BCUT2D eigenvalue weighted by Crippen LogP contribution is -2.06. The third-order valence-corrected chi connectivity index (χ3v) is 3.65. The Labute approximate surface area is 135 Å². The van der Waals surface area contributed by atoms with Crippen LogP contribution in [0.1, 0.15) is 5.69 Å². The number of benzene rings is 1. The topological polar surface area (TPSA) is 130 Å². The summed E-state index contributed by atoms with van der Waals surface area (Å²) in [6.07, 6.45) is 1.87. The molecule has 1 aromatic carbocycles. The lowest BCUT2D eigenvalue weighted by Gasteiger charge is -2.04. The number of fused-ring (bicyclic) bond motifs is 1. The summed E-state index contributed by atoms with van der Waals surface area (Å²) in [7, 11) is 0. The predicted octanol–water partition coefficient (Wildman–Crippen LogP) is 2.32. The molecule has 0 radical (unpaired) electrons. The van der Waals surface area contributed by atoms with Gasteiger partial charge in [-0.25, -0.2) is 4.98 Å². The minimum atomic E-state index is -0.475. The third-order valence-electron chi connectivity index (χ3n) is 3.65. The van der Waals surface area contributed by atoms with Gasteiger partial charge in [0.2, 0.25) is 0 Å². The summed E-state index contributed by atoms with van der Waals surface area (Å²) in [6, 6.07) is 8.95. The van der Waals surface area contributed by atoms with Gasteiger partial charge in [0, 0.05) is 30.2 Å². The Bertz CT molecular complexity index is 933. The van der Waals surface area contributed by atoms with E-state index in [4.69, 9.17) is 5.73 Å². The zero-order valence-corrected chi connectivity index (χ0v) is 12.5. The zero-order valence-electron chi connectivity index (χ0n) is 12.5. The summed E-state index contributed by atoms with van der Waals surface area (Å²) in [6.45, 7) is 0.344. The van der Waals surface area contributed by atoms with E-state index in [-0.39, 0.29) is 11.4 Å². The van der Waals surface area contributed by atoms with Crippen LogP contribution in [0.5, 0.6) is 0 Å². The number of nitrogens with two attached hydrogens (primary N) is 1. The number of hydrogen-bond acceptors (Lipinski definition) is 6. The molecule has 122 valence electrons. The number of pyridine rings is 1. The van der Waals surface area contributed by atoms with Crippen molar-refractivity contribution in [2.45, 2.75) is 6.42 Å². The average molecular weight is 327 g/mol. The maximum absolute atomic E-state index is 11.0. The molecule has 9 heteroatoms. The largest absolute Gasteiger partial charge is 0.330 e. The molecule has 2 N–H and O–H groups in total. The Morgan fingerprint density at radius 1 is 1.00 bits per heavy atom. The van der Waals surface area contributed by atoms with E-state index >= 15 is 0 Å². The molecule has 0 aliphatic heterocycles. The molecular formula is C15H13N5O4. The molecule has 2 heterocycles. The highest BCUT2D eigenvalue weighted by Gasteiger charge is 2.17. The highest BCUT2D eigenvalue weighted by Crippen LogP contribution is 2.27. The standard InChI is InChI=1S/C15H13N5O4/c16-8-7-13-15(10-1-3-11(4-2-10)19(21)22)17-14-6-5-12(20(23)24)9-18(13)14/h1-6,9H,7-8,16H2. The van der Waals surface area contributed by atoms with Crippen molar-refractivity contribution in [2.75, 3.05) is 6.54 Å². The normalized spacial score (nSPS) is 10.9. The molecule has 24 heavy (non-hydrogen) atoms. The van der Waals surface area contributed by atoms with Crippen LogP contribution in [0.3, 0.4) is 0 Å². The van der Waals surface area contributed by atoms with Crippen molar-refractivity contribution in [1.82, 2.24) is 9.38 Å². The molecule has 0 unspecified atom stereocenters. The molecule has 0 saturated heterocycles. The number of nitro groups is 2. The van der Waals surface area contributed by atoms with E-state index < -0.39 is 9.85 Å². The van der Waals surface area contributed by atoms with Crippen molar-refractivity contribution in [3.05, 3.63) is 68.5 Å². The van der Waals surface area contributed by atoms with Crippen molar-refractivity contribution in [3.8, 4) is 11.3 Å². The fourth-order valence-corrected chi connectivity index (χ4v) is 2.54. The molecule has 0 amide bonds. The number of aromatic nitrogens is 2. The van der Waals surface area contributed by atoms with Gasteiger partial charge < -0.3 is 5.73 Å². The van der Waals surface area contributed by atoms with E-state index in [9.17, 15) is 20.2 Å². The summed E-state index contributed by atoms with van der Waals surface area (Å²) in [5, 5.41) is 21.7. The highest BCUT2D eigenvalue weighted by molar-refractivity contribution is 5.68. The van der Waals surface area contributed by atoms with E-state index in [1.165, 1.54) is 24.4 Å². The van der Waals surface area contributed by atoms with Crippen molar-refractivity contribution in [2.24, 2.45) is 5.73 Å². The van der Waals surface area contributed by atoms with Gasteiger partial charge in [-0.3, -0.25) is 24.6 Å². The molecule has 9 nitrogen and oxygen atoms in total. The van der Waals surface area contributed by atoms with Gasteiger partial charge in [-0.2, -0.15) is 0 Å². The number of imidazole rings is 1. The molecule has 3 aromatic rings. The molecule has 0 aliphatic rings. The molecule has 0 aliphatic carbocycles. The number of hydrogen-bond donors (Lipinski definition) is 1. The second-order valence-corrected chi connectivity index (χ2v) is 5.12. The minimum absolute atomic E-state index is 0.0153. The number of nitro benzene ring substituents is 1. The van der Waals surface area contributed by atoms with Crippen LogP contribution in [0.25, 0.3) is 16.9 Å². The summed E-state index contributed by atoms with van der Waals surface area (Å²) >= 11 is 0. The predicted molar refractivity (Wildman–Crippen MR) is 86.7 cm³/mol. The van der Waals surface area contributed by atoms with Crippen LogP contribution in [0.2, 0.25) is 0 Å². The van der Waals surface area contributed by atoms with Crippen molar-refractivity contribution in [1.29, 1.82) is 0 Å². The molecule has 0 fully saturated rings. The van der Waals surface area contributed by atoms with E-state index in [0.29, 0.717) is 29.9 Å². The van der Waals surface area contributed by atoms with Crippen LogP contribution in [-0.4, -0.2) is 25.8 Å². The van der Waals surface area contributed by atoms with Crippen molar-refractivity contribution in [3.63, 3.8) is 0 Å². The third kappa shape index (κ3) is 2.68. The summed E-state index contributed by atoms with van der Waals surface area (Å²) in [4.78, 5) is 25.3. The fraction of sp³-hybridized carbons (Fsp3) is 0.133. The van der Waals surface area contributed by atoms with Gasteiger partial charge >= 0.3 is 0 Å². The van der Waals surface area contributed by atoms with Gasteiger partial charge in [-0.15, -0.1) is 0 Å². The molecule has 0 spiro atoms. The first kappa shape index (κ1) is 15.6. The lowest BCUT2D eigenvalue weighted by atomic mass is 10.1. The van der Waals surface area contributed by atoms with E-state index in [2.05, 4.69) is 4.98 Å². The van der Waals surface area contributed by atoms with Crippen LogP contribution in [-0.2, 0) is 6.42 Å². The Balaban J connectivity index is 2.17. The van der Waals surface area contributed by atoms with Crippen molar-refractivity contribution < 1.29 is 9.85 Å². The van der Waals surface area contributed by atoms with Gasteiger partial charge in [-0.05, 0) is 24.7 Å².